The van der Waals surface area contributed by atoms with E-state index in [4.69, 9.17) is 23.2 Å². The minimum absolute atomic E-state index is 0.0566. The number of halogens is 2. The second kappa shape index (κ2) is 5.58. The van der Waals surface area contributed by atoms with Crippen LogP contribution in [0.25, 0.3) is 0 Å². The maximum Gasteiger partial charge on any atom is 0.338 e. The Labute approximate surface area is 132 Å². The second-order valence-corrected chi connectivity index (χ2v) is 5.89. The van der Waals surface area contributed by atoms with Gasteiger partial charge in [-0.15, -0.1) is 0 Å². The molecule has 0 spiro atoms. The molecule has 0 fully saturated rings. The minimum Gasteiger partial charge on any atom is -0.478 e. The zero-order valence-corrected chi connectivity index (χ0v) is 12.6. The molecule has 0 saturated carbocycles. The highest BCUT2D eigenvalue weighted by molar-refractivity contribution is 6.40. The molecular weight excluding hydrogens is 309 g/mol. The first-order valence-corrected chi connectivity index (χ1v) is 7.36. The van der Waals surface area contributed by atoms with Crippen LogP contribution in [0.3, 0.4) is 0 Å². The van der Waals surface area contributed by atoms with Gasteiger partial charge in [-0.05, 0) is 36.1 Å². The maximum atomic E-state index is 11.2. The van der Waals surface area contributed by atoms with Gasteiger partial charge < -0.3 is 10.4 Å². The third kappa shape index (κ3) is 2.71. The Balaban J connectivity index is 1.84. The lowest BCUT2D eigenvalue weighted by atomic mass is 10.1. The number of carboxylic acid groups (broad SMARTS) is 1. The Morgan fingerprint density at radius 3 is 2.29 bits per heavy atom. The summed E-state index contributed by atoms with van der Waals surface area (Å²) < 4.78 is 0. The molecule has 2 N–H and O–H groups in total. The second-order valence-electron chi connectivity index (χ2n) is 5.11. The van der Waals surface area contributed by atoms with E-state index < -0.39 is 5.97 Å². The molecule has 0 unspecified atom stereocenters. The maximum absolute atomic E-state index is 11.2. The average Bonchev–Trinajstić information content (AvgIpc) is 2.84. The molecule has 1 aliphatic carbocycles. The molecule has 0 aliphatic heterocycles. The third-order valence-electron chi connectivity index (χ3n) is 3.72. The molecule has 2 aromatic rings. The number of rotatable bonds is 3. The van der Waals surface area contributed by atoms with Crippen LogP contribution >= 0.6 is 23.2 Å². The molecule has 21 heavy (non-hydrogen) atoms. The topological polar surface area (TPSA) is 49.3 Å². The molecule has 0 heterocycles. The van der Waals surface area contributed by atoms with Crippen LogP contribution in [-0.2, 0) is 12.8 Å². The molecule has 3 nitrogen and oxygen atoms in total. The van der Waals surface area contributed by atoms with Crippen molar-refractivity contribution in [3.05, 3.63) is 63.1 Å². The predicted molar refractivity (Wildman–Crippen MR) is 84.7 cm³/mol. The summed E-state index contributed by atoms with van der Waals surface area (Å²) in [6.07, 6.45) is 1.80. The Hall–Kier alpha value is -1.71. The van der Waals surface area contributed by atoms with Gasteiger partial charge in [-0.2, -0.15) is 0 Å². The number of aromatic carboxylic acids is 1. The molecule has 0 radical (unpaired) electrons. The lowest BCUT2D eigenvalue weighted by molar-refractivity contribution is 0.0697. The van der Waals surface area contributed by atoms with Crippen molar-refractivity contribution in [2.24, 2.45) is 0 Å². The van der Waals surface area contributed by atoms with E-state index in [1.165, 1.54) is 11.1 Å². The first-order valence-electron chi connectivity index (χ1n) is 6.61. The first-order chi connectivity index (χ1) is 10.1. The molecule has 5 heteroatoms. The van der Waals surface area contributed by atoms with Crippen LogP contribution in [0.5, 0.6) is 0 Å². The highest BCUT2D eigenvalue weighted by Gasteiger charge is 2.23. The molecule has 2 aromatic carbocycles. The predicted octanol–water partition coefficient (Wildman–Crippen LogP) is 4.27. The van der Waals surface area contributed by atoms with E-state index in [-0.39, 0.29) is 21.7 Å². The highest BCUT2D eigenvalue weighted by Crippen LogP contribution is 2.33. The zero-order valence-electron chi connectivity index (χ0n) is 11.1. The number of nitrogens with one attached hydrogen (secondary N) is 1. The number of carboxylic acids is 1. The molecule has 1 aliphatic rings. The van der Waals surface area contributed by atoms with Crippen molar-refractivity contribution in [1.29, 1.82) is 0 Å². The number of hydrogen-bond donors (Lipinski definition) is 2. The van der Waals surface area contributed by atoms with Crippen molar-refractivity contribution in [3.8, 4) is 0 Å². The van der Waals surface area contributed by atoms with Crippen LogP contribution in [0, 0.1) is 0 Å². The molecule has 108 valence electrons. The molecule has 0 bridgehead atoms. The van der Waals surface area contributed by atoms with Gasteiger partial charge in [-0.25, -0.2) is 4.79 Å². The standard InChI is InChI=1S/C16H13Cl2NO2/c17-12-5-6-13(15(18)14(12)16(20)21)19-11-7-9-3-1-2-4-10(9)8-11/h1-6,11,19H,7-8H2,(H,20,21). The van der Waals surface area contributed by atoms with Crippen LogP contribution in [-0.4, -0.2) is 17.1 Å². The van der Waals surface area contributed by atoms with Crippen molar-refractivity contribution in [3.63, 3.8) is 0 Å². The van der Waals surface area contributed by atoms with Crippen LogP contribution in [0.2, 0.25) is 10.0 Å². The summed E-state index contributed by atoms with van der Waals surface area (Å²) in [6.45, 7) is 0. The van der Waals surface area contributed by atoms with E-state index in [1.807, 2.05) is 12.1 Å². The lowest BCUT2D eigenvalue weighted by Crippen LogP contribution is -2.20. The molecule has 0 saturated heterocycles. The fourth-order valence-electron chi connectivity index (χ4n) is 2.74. The van der Waals surface area contributed by atoms with Gasteiger partial charge in [-0.3, -0.25) is 0 Å². The van der Waals surface area contributed by atoms with Crippen molar-refractivity contribution < 1.29 is 9.90 Å². The summed E-state index contributed by atoms with van der Waals surface area (Å²) in [5, 5.41) is 12.8. The normalized spacial score (nSPS) is 14.0. The Morgan fingerprint density at radius 2 is 1.71 bits per heavy atom. The van der Waals surface area contributed by atoms with Gasteiger partial charge in [0.2, 0.25) is 0 Å². The van der Waals surface area contributed by atoms with Gasteiger partial charge in [0.15, 0.2) is 0 Å². The van der Waals surface area contributed by atoms with Crippen molar-refractivity contribution in [2.75, 3.05) is 5.32 Å². The summed E-state index contributed by atoms with van der Waals surface area (Å²) in [5.74, 6) is -1.12. The molecule has 3 rings (SSSR count). The van der Waals surface area contributed by atoms with Crippen molar-refractivity contribution in [2.45, 2.75) is 18.9 Å². The Morgan fingerprint density at radius 1 is 1.10 bits per heavy atom. The van der Waals surface area contributed by atoms with Crippen LogP contribution < -0.4 is 5.32 Å². The summed E-state index contributed by atoms with van der Waals surface area (Å²) in [5.41, 5.74) is 3.19. The smallest absolute Gasteiger partial charge is 0.338 e. The van der Waals surface area contributed by atoms with E-state index >= 15 is 0 Å². The zero-order chi connectivity index (χ0) is 15.0. The van der Waals surface area contributed by atoms with Gasteiger partial charge in [0.25, 0.3) is 0 Å². The van der Waals surface area contributed by atoms with E-state index in [0.717, 1.165) is 12.8 Å². The summed E-state index contributed by atoms with van der Waals surface area (Å²) in [6, 6.07) is 11.8. The quantitative estimate of drug-likeness (QED) is 0.887. The largest absolute Gasteiger partial charge is 0.478 e. The number of hydrogen-bond acceptors (Lipinski definition) is 2. The van der Waals surface area contributed by atoms with Crippen LogP contribution in [0.1, 0.15) is 21.5 Å². The Bertz CT molecular complexity index is 690. The fourth-order valence-corrected chi connectivity index (χ4v) is 3.33. The SMILES string of the molecule is O=C(O)c1c(Cl)ccc(NC2Cc3ccccc3C2)c1Cl. The molecule has 0 amide bonds. The fraction of sp³-hybridized carbons (Fsp3) is 0.188. The third-order valence-corrected chi connectivity index (χ3v) is 4.42. The van der Waals surface area contributed by atoms with Gasteiger partial charge >= 0.3 is 5.97 Å². The van der Waals surface area contributed by atoms with Gasteiger partial charge in [0, 0.05) is 6.04 Å². The average molecular weight is 322 g/mol. The van der Waals surface area contributed by atoms with E-state index in [2.05, 4.69) is 17.4 Å². The van der Waals surface area contributed by atoms with Gasteiger partial charge in [0.05, 0.1) is 21.3 Å². The number of benzene rings is 2. The number of anilines is 1. The summed E-state index contributed by atoms with van der Waals surface area (Å²) in [7, 11) is 0. The molecular formula is C16H13Cl2NO2. The first kappa shape index (κ1) is 14.2. The number of carbonyl (C=O) groups is 1. The van der Waals surface area contributed by atoms with Gasteiger partial charge in [0.1, 0.15) is 0 Å². The lowest BCUT2D eigenvalue weighted by Gasteiger charge is -2.16. The highest BCUT2D eigenvalue weighted by atomic mass is 35.5. The van der Waals surface area contributed by atoms with Crippen LogP contribution in [0.4, 0.5) is 5.69 Å². The summed E-state index contributed by atoms with van der Waals surface area (Å²) in [4.78, 5) is 11.2. The van der Waals surface area contributed by atoms with Gasteiger partial charge in [-0.1, -0.05) is 47.5 Å². The molecule has 0 aromatic heterocycles. The van der Waals surface area contributed by atoms with E-state index in [1.54, 1.807) is 12.1 Å². The van der Waals surface area contributed by atoms with Crippen molar-refractivity contribution in [1.82, 2.24) is 0 Å². The molecule has 0 atom stereocenters. The van der Waals surface area contributed by atoms with Crippen LogP contribution in [0.15, 0.2) is 36.4 Å². The monoisotopic (exact) mass is 321 g/mol. The summed E-state index contributed by atoms with van der Waals surface area (Å²) >= 11 is 12.1. The Kier molecular flexibility index (Phi) is 3.79. The number of fused-ring (bicyclic) bond motifs is 1. The van der Waals surface area contributed by atoms with Crippen molar-refractivity contribution >= 4 is 34.9 Å². The minimum atomic E-state index is -1.12. The van der Waals surface area contributed by atoms with E-state index in [0.29, 0.717) is 5.69 Å². The van der Waals surface area contributed by atoms with E-state index in [9.17, 15) is 9.90 Å².